The summed E-state index contributed by atoms with van der Waals surface area (Å²) < 4.78 is 0. The normalized spacial score (nSPS) is 17.1. The van der Waals surface area contributed by atoms with Crippen molar-refractivity contribution in [3.05, 3.63) is 116 Å². The van der Waals surface area contributed by atoms with E-state index in [1.807, 2.05) is 19.1 Å². The summed E-state index contributed by atoms with van der Waals surface area (Å²) in [6.45, 7) is 19.6. The van der Waals surface area contributed by atoms with Gasteiger partial charge in [-0.3, -0.25) is 9.59 Å². The van der Waals surface area contributed by atoms with Crippen molar-refractivity contribution >= 4 is 11.6 Å². The van der Waals surface area contributed by atoms with E-state index in [9.17, 15) is 9.59 Å². The van der Waals surface area contributed by atoms with Crippen LogP contribution in [0, 0.1) is 0 Å². The smallest absolute Gasteiger partial charge is 0.190 e. The summed E-state index contributed by atoms with van der Waals surface area (Å²) in [6, 6.07) is 0. The van der Waals surface area contributed by atoms with E-state index in [2.05, 4.69) is 97.9 Å². The van der Waals surface area contributed by atoms with Crippen molar-refractivity contribution in [3.8, 4) is 0 Å². The minimum atomic E-state index is 0.0284. The van der Waals surface area contributed by atoms with Gasteiger partial charge in [0.25, 0.3) is 0 Å². The Morgan fingerprint density at radius 3 is 1.15 bits per heavy atom. The number of carbonyl (C=O) groups is 2. The van der Waals surface area contributed by atoms with E-state index in [1.165, 1.54) is 51.9 Å². The van der Waals surface area contributed by atoms with Gasteiger partial charge in [0, 0.05) is 22.3 Å². The molecule has 2 aliphatic carbocycles. The summed E-state index contributed by atoms with van der Waals surface area (Å²) in [7, 11) is 0. The quantitative estimate of drug-likeness (QED) is 0.123. The molecule has 0 fully saturated rings. The second-order valence-corrected chi connectivity index (χ2v) is 14.6. The average molecular weight is 651 g/mol. The largest absolute Gasteiger partial charge is 0.289 e. The summed E-state index contributed by atoms with van der Waals surface area (Å²) in [4.78, 5) is 25.8. The summed E-state index contributed by atoms with van der Waals surface area (Å²) in [5.41, 5.74) is 12.7. The fourth-order valence-electron chi connectivity index (χ4n) is 6.23. The zero-order valence-corrected chi connectivity index (χ0v) is 32.1. The molecule has 0 N–H and O–H groups in total. The molecule has 0 atom stereocenters. The van der Waals surface area contributed by atoms with Gasteiger partial charge in [0.2, 0.25) is 0 Å². The van der Waals surface area contributed by atoms with E-state index >= 15 is 0 Å². The SMILES string of the molecule is CC(C)=CCC/C(C)=C/CC/C(C)=C/CC/C(C)=C/CC/C(C)=C/CC/C(C)=C/CC/C(C)=C/CC1=C(C)C(=O)C2=CCCC=C2C1=O. The van der Waals surface area contributed by atoms with Crippen LogP contribution in [0.4, 0.5) is 0 Å². The maximum atomic E-state index is 13.0. The van der Waals surface area contributed by atoms with Gasteiger partial charge in [-0.2, -0.15) is 0 Å². The van der Waals surface area contributed by atoms with Crippen LogP contribution in [0.15, 0.2) is 116 Å². The number of rotatable bonds is 20. The van der Waals surface area contributed by atoms with Crippen molar-refractivity contribution in [1.29, 1.82) is 0 Å². The van der Waals surface area contributed by atoms with Gasteiger partial charge in [0.15, 0.2) is 11.6 Å². The van der Waals surface area contributed by atoms with E-state index in [1.54, 1.807) is 0 Å². The molecule has 2 nitrogen and oxygen atoms in total. The van der Waals surface area contributed by atoms with Gasteiger partial charge in [0.1, 0.15) is 0 Å². The Bertz CT molecular complexity index is 1430. The first-order valence-electron chi connectivity index (χ1n) is 18.7. The Balaban J connectivity index is 1.65. The maximum absolute atomic E-state index is 13.0. The molecule has 2 aliphatic rings. The Morgan fingerprint density at radius 2 is 0.792 bits per heavy atom. The summed E-state index contributed by atoms with van der Waals surface area (Å²) in [5, 5.41) is 0. The third-order valence-electron chi connectivity index (χ3n) is 9.61. The molecule has 0 saturated carbocycles. The van der Waals surface area contributed by atoms with Crippen LogP contribution in [-0.4, -0.2) is 11.6 Å². The molecule has 48 heavy (non-hydrogen) atoms. The molecule has 0 spiro atoms. The lowest BCUT2D eigenvalue weighted by Gasteiger charge is -2.22. The molecule has 0 heterocycles. The highest BCUT2D eigenvalue weighted by Gasteiger charge is 2.32. The molecular formula is C46H66O2. The molecule has 0 aromatic rings. The Morgan fingerprint density at radius 1 is 0.479 bits per heavy atom. The van der Waals surface area contributed by atoms with Crippen LogP contribution >= 0.6 is 0 Å². The van der Waals surface area contributed by atoms with Crippen LogP contribution in [-0.2, 0) is 9.59 Å². The van der Waals surface area contributed by atoms with Gasteiger partial charge >= 0.3 is 0 Å². The van der Waals surface area contributed by atoms with Gasteiger partial charge < -0.3 is 0 Å². The van der Waals surface area contributed by atoms with Crippen molar-refractivity contribution < 1.29 is 9.59 Å². The highest BCUT2D eigenvalue weighted by Crippen LogP contribution is 2.33. The first kappa shape index (κ1) is 40.9. The zero-order chi connectivity index (χ0) is 35.5. The lowest BCUT2D eigenvalue weighted by Crippen LogP contribution is -2.24. The standard InChI is InChI=1S/C46H66O2/c1-34(2)18-12-19-35(3)20-13-21-36(4)22-14-23-37(5)24-15-25-38(6)26-16-27-39(7)28-17-29-40(8)32-33-42-41(9)45(47)43-30-10-11-31-44(43)46(42)48/h18,20,22,24,26,28,30-32H,10-17,19,21,23,25,27,29,33H2,1-9H3/b35-20+,36-22+,37-24+,38-26+,39-28+,40-32+. The zero-order valence-electron chi connectivity index (χ0n) is 32.1. The lowest BCUT2D eigenvalue weighted by atomic mass is 9.78. The van der Waals surface area contributed by atoms with E-state index in [-0.39, 0.29) is 11.6 Å². The first-order valence-corrected chi connectivity index (χ1v) is 18.7. The van der Waals surface area contributed by atoms with Gasteiger partial charge in [-0.1, -0.05) is 93.7 Å². The fourth-order valence-corrected chi connectivity index (χ4v) is 6.23. The molecule has 2 rings (SSSR count). The van der Waals surface area contributed by atoms with Crippen LogP contribution in [0.25, 0.3) is 0 Å². The molecule has 0 aromatic carbocycles. The van der Waals surface area contributed by atoms with Crippen molar-refractivity contribution in [2.45, 2.75) is 159 Å². The topological polar surface area (TPSA) is 34.1 Å². The molecule has 0 radical (unpaired) electrons. The molecule has 0 bridgehead atoms. The minimum Gasteiger partial charge on any atom is -0.289 e. The second kappa shape index (κ2) is 22.4. The van der Waals surface area contributed by atoms with E-state index in [0.717, 1.165) is 77.0 Å². The number of hydrogen-bond acceptors (Lipinski definition) is 2. The molecule has 0 aliphatic heterocycles. The molecule has 262 valence electrons. The monoisotopic (exact) mass is 651 g/mol. The summed E-state index contributed by atoms with van der Waals surface area (Å²) in [6.07, 6.45) is 36.0. The number of ketones is 2. The van der Waals surface area contributed by atoms with Gasteiger partial charge in [-0.25, -0.2) is 0 Å². The number of allylic oxidation sites excluding steroid dienone is 20. The van der Waals surface area contributed by atoms with E-state index < -0.39 is 0 Å². The number of fused-ring (bicyclic) bond motifs is 1. The van der Waals surface area contributed by atoms with Crippen LogP contribution in [0.2, 0.25) is 0 Å². The molecular weight excluding hydrogens is 585 g/mol. The van der Waals surface area contributed by atoms with Crippen molar-refractivity contribution in [2.75, 3.05) is 0 Å². The predicted molar refractivity (Wildman–Crippen MR) is 210 cm³/mol. The Kier molecular flexibility index (Phi) is 19.1. The average Bonchev–Trinajstić information content (AvgIpc) is 3.03. The summed E-state index contributed by atoms with van der Waals surface area (Å²) in [5.74, 6) is 0.0714. The second-order valence-electron chi connectivity index (χ2n) is 14.6. The van der Waals surface area contributed by atoms with E-state index in [4.69, 9.17) is 0 Å². The summed E-state index contributed by atoms with van der Waals surface area (Å²) >= 11 is 0. The van der Waals surface area contributed by atoms with Gasteiger partial charge in [-0.15, -0.1) is 0 Å². The van der Waals surface area contributed by atoms with Gasteiger partial charge in [0.05, 0.1) is 0 Å². The third kappa shape index (κ3) is 15.8. The predicted octanol–water partition coefficient (Wildman–Crippen LogP) is 13.8. The van der Waals surface area contributed by atoms with Crippen LogP contribution < -0.4 is 0 Å². The molecule has 2 heteroatoms. The highest BCUT2D eigenvalue weighted by atomic mass is 16.1. The van der Waals surface area contributed by atoms with Gasteiger partial charge in [-0.05, 0) is 159 Å². The molecule has 0 amide bonds. The van der Waals surface area contributed by atoms with Crippen LogP contribution in [0.5, 0.6) is 0 Å². The molecule has 0 saturated heterocycles. The van der Waals surface area contributed by atoms with Crippen molar-refractivity contribution in [1.82, 2.24) is 0 Å². The Hall–Kier alpha value is -3.26. The van der Waals surface area contributed by atoms with Crippen molar-refractivity contribution in [2.24, 2.45) is 0 Å². The highest BCUT2D eigenvalue weighted by molar-refractivity contribution is 6.29. The lowest BCUT2D eigenvalue weighted by molar-refractivity contribution is -0.116. The van der Waals surface area contributed by atoms with Crippen LogP contribution in [0.1, 0.15) is 159 Å². The van der Waals surface area contributed by atoms with Crippen LogP contribution in [0.3, 0.4) is 0 Å². The number of carbonyl (C=O) groups excluding carboxylic acids is 2. The third-order valence-corrected chi connectivity index (χ3v) is 9.61. The van der Waals surface area contributed by atoms with Crippen molar-refractivity contribution in [3.63, 3.8) is 0 Å². The number of Topliss-reactive ketones (excluding diaryl/α,β-unsaturated/α-hetero) is 2. The molecule has 0 unspecified atom stereocenters. The molecule has 0 aromatic heterocycles. The maximum Gasteiger partial charge on any atom is 0.190 e. The fraction of sp³-hybridized carbons (Fsp3) is 0.522. The number of hydrogen-bond donors (Lipinski definition) is 0. The Labute approximate surface area is 295 Å². The minimum absolute atomic E-state index is 0.0284. The van der Waals surface area contributed by atoms with E-state index in [0.29, 0.717) is 28.7 Å². The first-order chi connectivity index (χ1) is 22.9.